The summed E-state index contributed by atoms with van der Waals surface area (Å²) in [5.74, 6) is -0.550. The van der Waals surface area contributed by atoms with E-state index < -0.39 is 17.6 Å². The standard InChI is InChI=1S/C25H20F4N4OS/c1-33(14-16-9-11-30-12-10-16)23(34)22-21(18-5-7-20(26)8-6-18)31-24(32-22)35-15-17-3-2-4-19(13-17)25(27,28)29/h2-13H,14-15H2,1H3,(H,31,32). The smallest absolute Gasteiger partial charge is 0.336 e. The van der Waals surface area contributed by atoms with Crippen molar-refractivity contribution in [3.63, 3.8) is 0 Å². The van der Waals surface area contributed by atoms with Gasteiger partial charge >= 0.3 is 6.18 Å². The van der Waals surface area contributed by atoms with Gasteiger partial charge in [0, 0.05) is 37.3 Å². The molecule has 0 fully saturated rings. The highest BCUT2D eigenvalue weighted by Crippen LogP contribution is 2.32. The van der Waals surface area contributed by atoms with E-state index in [1.807, 2.05) is 0 Å². The van der Waals surface area contributed by atoms with Crippen LogP contribution >= 0.6 is 11.8 Å². The first-order valence-corrected chi connectivity index (χ1v) is 11.5. The average Bonchev–Trinajstić information content (AvgIpc) is 3.27. The Kier molecular flexibility index (Phi) is 7.20. The normalized spacial score (nSPS) is 11.5. The third kappa shape index (κ3) is 6.07. The van der Waals surface area contributed by atoms with Gasteiger partial charge in [0.1, 0.15) is 17.2 Å². The summed E-state index contributed by atoms with van der Waals surface area (Å²) in [6, 6.07) is 14.2. The lowest BCUT2D eigenvalue weighted by Crippen LogP contribution is -2.27. The second kappa shape index (κ2) is 10.3. The number of aromatic amines is 1. The second-order valence-electron chi connectivity index (χ2n) is 7.78. The third-order valence-corrected chi connectivity index (χ3v) is 6.10. The van der Waals surface area contributed by atoms with Crippen LogP contribution in [0.25, 0.3) is 11.3 Å². The number of thioether (sulfide) groups is 1. The fourth-order valence-corrected chi connectivity index (χ4v) is 4.22. The first kappa shape index (κ1) is 24.5. The van der Waals surface area contributed by atoms with Gasteiger partial charge < -0.3 is 9.88 Å². The summed E-state index contributed by atoms with van der Waals surface area (Å²) in [6.45, 7) is 0.329. The number of carbonyl (C=O) groups excluding carboxylic acids is 1. The van der Waals surface area contributed by atoms with Crippen LogP contribution in [0.2, 0.25) is 0 Å². The van der Waals surface area contributed by atoms with Gasteiger partial charge in [0.15, 0.2) is 5.16 Å². The summed E-state index contributed by atoms with van der Waals surface area (Å²) in [5, 5.41) is 0.363. The minimum Gasteiger partial charge on any atom is -0.336 e. The van der Waals surface area contributed by atoms with Crippen LogP contribution in [0, 0.1) is 5.82 Å². The van der Waals surface area contributed by atoms with Crippen LogP contribution in [0.5, 0.6) is 0 Å². The number of carbonyl (C=O) groups is 1. The van der Waals surface area contributed by atoms with Gasteiger partial charge in [-0.15, -0.1) is 0 Å². The fourth-order valence-electron chi connectivity index (χ4n) is 3.41. The molecule has 0 bridgehead atoms. The minimum atomic E-state index is -4.43. The number of rotatable bonds is 7. The van der Waals surface area contributed by atoms with E-state index in [0.717, 1.165) is 17.7 Å². The Morgan fingerprint density at radius 3 is 2.43 bits per heavy atom. The van der Waals surface area contributed by atoms with Crippen LogP contribution in [-0.4, -0.2) is 32.8 Å². The molecule has 4 aromatic rings. The molecule has 5 nitrogen and oxygen atoms in total. The number of H-pyrrole nitrogens is 1. The van der Waals surface area contributed by atoms with Crippen molar-refractivity contribution in [3.05, 3.63) is 101 Å². The van der Waals surface area contributed by atoms with Crippen LogP contribution in [0.1, 0.15) is 27.2 Å². The van der Waals surface area contributed by atoms with Gasteiger partial charge in [0.25, 0.3) is 5.91 Å². The van der Waals surface area contributed by atoms with E-state index in [9.17, 15) is 22.4 Å². The van der Waals surface area contributed by atoms with Crippen molar-refractivity contribution in [2.24, 2.45) is 0 Å². The summed E-state index contributed by atoms with van der Waals surface area (Å²) in [4.78, 5) is 26.3. The van der Waals surface area contributed by atoms with Gasteiger partial charge in [0.2, 0.25) is 0 Å². The number of amides is 1. The Morgan fingerprint density at radius 1 is 1.03 bits per heavy atom. The minimum absolute atomic E-state index is 0.208. The molecule has 0 aliphatic rings. The number of hydrogen-bond acceptors (Lipinski definition) is 4. The predicted molar refractivity (Wildman–Crippen MR) is 125 cm³/mol. The number of halogens is 4. The topological polar surface area (TPSA) is 61.9 Å². The zero-order valence-corrected chi connectivity index (χ0v) is 19.3. The number of pyridine rings is 1. The molecule has 35 heavy (non-hydrogen) atoms. The molecule has 0 atom stereocenters. The average molecular weight is 501 g/mol. The molecule has 1 N–H and O–H groups in total. The van der Waals surface area contributed by atoms with Crippen molar-refractivity contribution >= 4 is 17.7 Å². The summed E-state index contributed by atoms with van der Waals surface area (Å²) in [5.41, 5.74) is 1.71. The van der Waals surface area contributed by atoms with Gasteiger partial charge in [-0.1, -0.05) is 30.0 Å². The number of benzene rings is 2. The van der Waals surface area contributed by atoms with Gasteiger partial charge in [-0.3, -0.25) is 9.78 Å². The number of nitrogens with zero attached hydrogens (tertiary/aromatic N) is 3. The lowest BCUT2D eigenvalue weighted by molar-refractivity contribution is -0.137. The van der Waals surface area contributed by atoms with Crippen molar-refractivity contribution < 1.29 is 22.4 Å². The molecule has 1 amide bonds. The van der Waals surface area contributed by atoms with E-state index in [1.54, 1.807) is 37.6 Å². The highest BCUT2D eigenvalue weighted by molar-refractivity contribution is 7.98. The van der Waals surface area contributed by atoms with Crippen molar-refractivity contribution in [1.29, 1.82) is 0 Å². The molecule has 4 rings (SSSR count). The molecule has 0 spiro atoms. The summed E-state index contributed by atoms with van der Waals surface area (Å²) < 4.78 is 52.5. The van der Waals surface area contributed by atoms with Crippen LogP contribution in [-0.2, 0) is 18.5 Å². The SMILES string of the molecule is CN(Cc1ccncc1)C(=O)c1[nH]c(SCc2cccc(C(F)(F)F)c2)nc1-c1ccc(F)cc1. The number of aromatic nitrogens is 3. The van der Waals surface area contributed by atoms with E-state index in [1.165, 1.54) is 47.0 Å². The molecule has 0 saturated carbocycles. The Bertz CT molecular complexity index is 1310. The molecule has 2 aromatic carbocycles. The van der Waals surface area contributed by atoms with E-state index in [4.69, 9.17) is 0 Å². The summed E-state index contributed by atoms with van der Waals surface area (Å²) >= 11 is 1.17. The molecule has 0 unspecified atom stereocenters. The second-order valence-corrected chi connectivity index (χ2v) is 8.74. The zero-order chi connectivity index (χ0) is 25.0. The van der Waals surface area contributed by atoms with Gasteiger partial charge in [-0.2, -0.15) is 13.2 Å². The lowest BCUT2D eigenvalue weighted by Gasteiger charge is -2.17. The van der Waals surface area contributed by atoms with E-state index in [0.29, 0.717) is 28.5 Å². The van der Waals surface area contributed by atoms with Crippen molar-refractivity contribution in [2.45, 2.75) is 23.6 Å². The van der Waals surface area contributed by atoms with Crippen molar-refractivity contribution in [1.82, 2.24) is 19.9 Å². The molecule has 2 heterocycles. The maximum Gasteiger partial charge on any atom is 0.416 e. The molecule has 0 aliphatic carbocycles. The van der Waals surface area contributed by atoms with E-state index in [2.05, 4.69) is 15.0 Å². The number of alkyl halides is 3. The first-order chi connectivity index (χ1) is 16.7. The number of nitrogens with one attached hydrogen (secondary N) is 1. The van der Waals surface area contributed by atoms with Crippen LogP contribution in [0.3, 0.4) is 0 Å². The van der Waals surface area contributed by atoms with Gasteiger partial charge in [0.05, 0.1) is 5.56 Å². The van der Waals surface area contributed by atoms with E-state index >= 15 is 0 Å². The maximum absolute atomic E-state index is 13.5. The van der Waals surface area contributed by atoms with E-state index in [-0.39, 0.29) is 17.4 Å². The number of hydrogen-bond donors (Lipinski definition) is 1. The maximum atomic E-state index is 13.5. The molecular weight excluding hydrogens is 480 g/mol. The first-order valence-electron chi connectivity index (χ1n) is 10.5. The Labute approximate surface area is 203 Å². The molecule has 2 aromatic heterocycles. The van der Waals surface area contributed by atoms with Crippen molar-refractivity contribution in [3.8, 4) is 11.3 Å². The monoisotopic (exact) mass is 500 g/mol. The van der Waals surface area contributed by atoms with Gasteiger partial charge in [-0.05, 0) is 53.6 Å². The lowest BCUT2D eigenvalue weighted by atomic mass is 10.1. The summed E-state index contributed by atoms with van der Waals surface area (Å²) in [6.07, 6.45) is -1.16. The molecule has 10 heteroatoms. The molecule has 0 saturated heterocycles. The van der Waals surface area contributed by atoms with Crippen molar-refractivity contribution in [2.75, 3.05) is 7.05 Å². The quantitative estimate of drug-likeness (QED) is 0.243. The summed E-state index contributed by atoms with van der Waals surface area (Å²) in [7, 11) is 1.65. The highest BCUT2D eigenvalue weighted by Gasteiger charge is 2.30. The molecule has 0 radical (unpaired) electrons. The third-order valence-electron chi connectivity index (χ3n) is 5.16. The largest absolute Gasteiger partial charge is 0.416 e. The number of imidazole rings is 1. The zero-order valence-electron chi connectivity index (χ0n) is 18.5. The Balaban J connectivity index is 1.60. The predicted octanol–water partition coefficient (Wildman–Crippen LogP) is 6.19. The molecule has 0 aliphatic heterocycles. The Hall–Kier alpha value is -3.66. The molecular formula is C25H20F4N4OS. The van der Waals surface area contributed by atoms with Gasteiger partial charge in [-0.25, -0.2) is 9.37 Å². The van der Waals surface area contributed by atoms with Crippen LogP contribution in [0.15, 0.2) is 78.2 Å². The van der Waals surface area contributed by atoms with Crippen LogP contribution < -0.4 is 0 Å². The van der Waals surface area contributed by atoms with Crippen LogP contribution in [0.4, 0.5) is 17.6 Å². The molecule has 180 valence electrons. The highest BCUT2D eigenvalue weighted by atomic mass is 32.2. The Morgan fingerprint density at radius 2 is 1.74 bits per heavy atom. The fraction of sp³-hybridized carbons (Fsp3) is 0.160.